The Hall–Kier alpha value is -1.10. The Balaban J connectivity index is 2.38. The summed E-state index contributed by atoms with van der Waals surface area (Å²) in [5.41, 5.74) is -0.496. The summed E-state index contributed by atoms with van der Waals surface area (Å²) in [5.74, 6) is -0.473. The number of hydrogen-bond donors (Lipinski definition) is 0. The van der Waals surface area contributed by atoms with E-state index in [4.69, 9.17) is 9.47 Å². The van der Waals surface area contributed by atoms with Gasteiger partial charge in [-0.2, -0.15) is 0 Å². The molecule has 1 atom stereocenters. The fourth-order valence-corrected chi connectivity index (χ4v) is 1.26. The molecule has 1 aliphatic rings. The van der Waals surface area contributed by atoms with E-state index in [-0.39, 0.29) is 37.7 Å². The lowest BCUT2D eigenvalue weighted by Gasteiger charge is -2.31. The summed E-state index contributed by atoms with van der Waals surface area (Å²) >= 11 is 0. The summed E-state index contributed by atoms with van der Waals surface area (Å²) in [4.78, 5) is 24.3. The van der Waals surface area contributed by atoms with Crippen LogP contribution in [0.25, 0.3) is 0 Å². The predicted molar refractivity (Wildman–Crippen MR) is 57.8 cm³/mol. The summed E-state index contributed by atoms with van der Waals surface area (Å²) in [7, 11) is 1.82. The number of nitrogens with zero attached hydrogens (tertiary/aromatic N) is 1. The van der Waals surface area contributed by atoms with E-state index >= 15 is 0 Å². The highest BCUT2D eigenvalue weighted by molar-refractivity contribution is 5.75. The summed E-state index contributed by atoms with van der Waals surface area (Å²) in [6, 6.07) is -0.0380. The van der Waals surface area contributed by atoms with E-state index in [2.05, 4.69) is 0 Å². The van der Waals surface area contributed by atoms with Crippen LogP contribution in [0.15, 0.2) is 0 Å². The van der Waals surface area contributed by atoms with Crippen LogP contribution in [0.3, 0.4) is 0 Å². The second-order valence-electron chi connectivity index (χ2n) is 5.10. The maximum absolute atomic E-state index is 11.5. The minimum absolute atomic E-state index is 0.0380. The Kier molecular flexibility index (Phi) is 3.91. The Morgan fingerprint density at radius 1 is 1.56 bits per heavy atom. The number of ether oxygens (including phenoxy) is 2. The molecule has 92 valence electrons. The molecule has 1 heterocycles. The number of cyclic esters (lactones) is 1. The molecule has 0 aromatic heterocycles. The van der Waals surface area contributed by atoms with Gasteiger partial charge in [0, 0.05) is 0 Å². The van der Waals surface area contributed by atoms with Crippen molar-refractivity contribution in [3.05, 3.63) is 0 Å². The van der Waals surface area contributed by atoms with Crippen molar-refractivity contribution < 1.29 is 19.1 Å². The third-order valence-electron chi connectivity index (χ3n) is 2.46. The van der Waals surface area contributed by atoms with Gasteiger partial charge in [0.05, 0.1) is 18.0 Å². The zero-order chi connectivity index (χ0) is 12.3. The molecule has 0 aliphatic carbocycles. The van der Waals surface area contributed by atoms with Gasteiger partial charge in [-0.15, -0.1) is 0 Å². The van der Waals surface area contributed by atoms with Crippen LogP contribution in [0, 0.1) is 5.41 Å². The Morgan fingerprint density at radius 3 is 2.69 bits per heavy atom. The van der Waals surface area contributed by atoms with Crippen LogP contribution in [0.1, 0.15) is 20.8 Å². The van der Waals surface area contributed by atoms with Crippen molar-refractivity contribution in [2.75, 3.05) is 26.8 Å². The van der Waals surface area contributed by atoms with Crippen molar-refractivity contribution in [3.63, 3.8) is 0 Å². The first-order valence-electron chi connectivity index (χ1n) is 5.34. The molecule has 0 saturated carbocycles. The van der Waals surface area contributed by atoms with Crippen LogP contribution < -0.4 is 0 Å². The molecule has 5 heteroatoms. The van der Waals surface area contributed by atoms with Crippen molar-refractivity contribution in [1.82, 2.24) is 4.90 Å². The lowest BCUT2D eigenvalue weighted by atomic mass is 9.97. The fourth-order valence-electron chi connectivity index (χ4n) is 1.26. The SMILES string of the molecule is CN1CC(=O)OCC1COC(=O)C(C)(C)C. The monoisotopic (exact) mass is 229 g/mol. The van der Waals surface area contributed by atoms with Crippen LogP contribution in [0.5, 0.6) is 0 Å². The average Bonchev–Trinajstić information content (AvgIpc) is 2.14. The minimum atomic E-state index is -0.496. The third kappa shape index (κ3) is 3.48. The first-order valence-corrected chi connectivity index (χ1v) is 5.34. The first kappa shape index (κ1) is 13.0. The second kappa shape index (κ2) is 4.82. The lowest BCUT2D eigenvalue weighted by Crippen LogP contribution is -2.48. The maximum Gasteiger partial charge on any atom is 0.320 e. The molecule has 0 N–H and O–H groups in total. The number of carbonyl (C=O) groups excluding carboxylic acids is 2. The van der Waals surface area contributed by atoms with E-state index in [0.29, 0.717) is 0 Å². The molecule has 0 aromatic rings. The standard InChI is InChI=1S/C11H19NO4/c1-11(2,3)10(14)16-7-8-6-15-9(13)5-12(8)4/h8H,5-7H2,1-4H3. The van der Waals surface area contributed by atoms with Crippen LogP contribution in [0.2, 0.25) is 0 Å². The summed E-state index contributed by atoms with van der Waals surface area (Å²) in [6.07, 6.45) is 0. The van der Waals surface area contributed by atoms with Crippen molar-refractivity contribution in [3.8, 4) is 0 Å². The van der Waals surface area contributed by atoms with Gasteiger partial charge < -0.3 is 9.47 Å². The van der Waals surface area contributed by atoms with E-state index in [0.717, 1.165) is 0 Å². The van der Waals surface area contributed by atoms with Gasteiger partial charge in [-0.1, -0.05) is 0 Å². The number of carbonyl (C=O) groups is 2. The maximum atomic E-state index is 11.5. The number of rotatable bonds is 2. The van der Waals surface area contributed by atoms with Gasteiger partial charge in [0.1, 0.15) is 13.2 Å². The number of hydrogen-bond acceptors (Lipinski definition) is 5. The lowest BCUT2D eigenvalue weighted by molar-refractivity contribution is -0.161. The predicted octanol–water partition coefficient (Wildman–Crippen LogP) is 0.433. The Labute approximate surface area is 95.7 Å². The average molecular weight is 229 g/mol. The molecule has 0 radical (unpaired) electrons. The van der Waals surface area contributed by atoms with Gasteiger partial charge >= 0.3 is 11.9 Å². The van der Waals surface area contributed by atoms with E-state index in [1.54, 1.807) is 20.8 Å². The fraction of sp³-hybridized carbons (Fsp3) is 0.818. The van der Waals surface area contributed by atoms with Crippen LogP contribution >= 0.6 is 0 Å². The molecule has 1 saturated heterocycles. The highest BCUT2D eigenvalue weighted by Gasteiger charge is 2.28. The molecular formula is C11H19NO4. The van der Waals surface area contributed by atoms with Gasteiger partial charge in [-0.25, -0.2) is 0 Å². The summed E-state index contributed by atoms with van der Waals surface area (Å²) in [6.45, 7) is 6.21. The number of morpholine rings is 1. The molecule has 1 rings (SSSR count). The normalized spacial score (nSPS) is 22.8. The van der Waals surface area contributed by atoms with Gasteiger partial charge in [0.2, 0.25) is 0 Å². The van der Waals surface area contributed by atoms with Gasteiger partial charge in [-0.3, -0.25) is 14.5 Å². The summed E-state index contributed by atoms with van der Waals surface area (Å²) in [5, 5.41) is 0. The molecule has 1 aliphatic heterocycles. The Bertz CT molecular complexity index is 282. The summed E-state index contributed by atoms with van der Waals surface area (Å²) < 4.78 is 10.1. The number of likely N-dealkylation sites (N-methyl/N-ethyl adjacent to an activating group) is 1. The number of esters is 2. The molecule has 0 spiro atoms. The molecule has 5 nitrogen and oxygen atoms in total. The second-order valence-corrected chi connectivity index (χ2v) is 5.10. The zero-order valence-corrected chi connectivity index (χ0v) is 10.3. The van der Waals surface area contributed by atoms with E-state index in [9.17, 15) is 9.59 Å². The molecule has 1 unspecified atom stereocenters. The van der Waals surface area contributed by atoms with Crippen LogP contribution in [-0.2, 0) is 19.1 Å². The third-order valence-corrected chi connectivity index (χ3v) is 2.46. The van der Waals surface area contributed by atoms with Crippen molar-refractivity contribution in [2.45, 2.75) is 26.8 Å². The van der Waals surface area contributed by atoms with E-state index in [1.165, 1.54) is 0 Å². The van der Waals surface area contributed by atoms with Crippen molar-refractivity contribution in [2.24, 2.45) is 5.41 Å². The molecule has 0 amide bonds. The van der Waals surface area contributed by atoms with Crippen molar-refractivity contribution in [1.29, 1.82) is 0 Å². The van der Waals surface area contributed by atoms with E-state index < -0.39 is 5.41 Å². The van der Waals surface area contributed by atoms with Crippen LogP contribution in [0.4, 0.5) is 0 Å². The Morgan fingerprint density at radius 2 is 2.19 bits per heavy atom. The zero-order valence-electron chi connectivity index (χ0n) is 10.3. The van der Waals surface area contributed by atoms with Crippen molar-refractivity contribution >= 4 is 11.9 Å². The molecule has 16 heavy (non-hydrogen) atoms. The molecule has 0 bridgehead atoms. The minimum Gasteiger partial charge on any atom is -0.463 e. The highest BCUT2D eigenvalue weighted by atomic mass is 16.6. The first-order chi connectivity index (χ1) is 7.30. The van der Waals surface area contributed by atoms with Gasteiger partial charge in [-0.05, 0) is 27.8 Å². The molecular weight excluding hydrogens is 210 g/mol. The van der Waals surface area contributed by atoms with Gasteiger partial charge in [0.15, 0.2) is 0 Å². The van der Waals surface area contributed by atoms with E-state index in [1.807, 2.05) is 11.9 Å². The largest absolute Gasteiger partial charge is 0.463 e. The quantitative estimate of drug-likeness (QED) is 0.643. The topological polar surface area (TPSA) is 55.8 Å². The van der Waals surface area contributed by atoms with Gasteiger partial charge in [0.25, 0.3) is 0 Å². The van der Waals surface area contributed by atoms with Crippen LogP contribution in [-0.4, -0.2) is 49.7 Å². The smallest absolute Gasteiger partial charge is 0.320 e. The molecule has 1 fully saturated rings. The molecule has 0 aromatic carbocycles. The highest BCUT2D eigenvalue weighted by Crippen LogP contribution is 2.16.